The molecule has 5 nitrogen and oxygen atoms in total. The number of nitrogens with zero attached hydrogens (tertiary/aromatic N) is 2. The lowest BCUT2D eigenvalue weighted by Crippen LogP contribution is -2.37. The van der Waals surface area contributed by atoms with E-state index in [0.717, 1.165) is 0 Å². The Balaban J connectivity index is 2.05. The van der Waals surface area contributed by atoms with E-state index in [-0.39, 0.29) is 28.7 Å². The van der Waals surface area contributed by atoms with Gasteiger partial charge in [-0.2, -0.15) is 4.99 Å². The fourth-order valence-corrected chi connectivity index (χ4v) is 6.83. The van der Waals surface area contributed by atoms with Gasteiger partial charge < -0.3 is 4.90 Å². The molecule has 2 fully saturated rings. The van der Waals surface area contributed by atoms with E-state index in [4.69, 9.17) is 11.6 Å². The molecular weight excluding hydrogens is 344 g/mol. The number of sulfone groups is 1. The Labute approximate surface area is 138 Å². The van der Waals surface area contributed by atoms with Crippen LogP contribution in [0.1, 0.15) is 13.3 Å². The van der Waals surface area contributed by atoms with Crippen LogP contribution in [0.25, 0.3) is 0 Å². The molecule has 2 aliphatic rings. The highest BCUT2D eigenvalue weighted by Crippen LogP contribution is 2.42. The molecule has 0 spiro atoms. The first-order chi connectivity index (χ1) is 10.4. The van der Waals surface area contributed by atoms with Crippen LogP contribution in [0.5, 0.6) is 0 Å². The van der Waals surface area contributed by atoms with Crippen LogP contribution in [-0.2, 0) is 14.6 Å². The average molecular weight is 359 g/mol. The number of carbonyl (C=O) groups excluding carboxylic acids is 1. The van der Waals surface area contributed by atoms with E-state index in [2.05, 4.69) is 4.99 Å². The summed E-state index contributed by atoms with van der Waals surface area (Å²) in [5.74, 6) is -0.0416. The van der Waals surface area contributed by atoms with Gasteiger partial charge in [-0.3, -0.25) is 4.79 Å². The molecular formula is C14H15ClN2O3S2. The third-order valence-electron chi connectivity index (χ3n) is 3.70. The van der Waals surface area contributed by atoms with Gasteiger partial charge in [0.1, 0.15) is 0 Å². The summed E-state index contributed by atoms with van der Waals surface area (Å²) in [4.78, 5) is 17.6. The van der Waals surface area contributed by atoms with Gasteiger partial charge in [-0.05, 0) is 12.1 Å². The number of benzene rings is 1. The minimum atomic E-state index is -3.06. The molecule has 2 unspecified atom stereocenters. The van der Waals surface area contributed by atoms with Crippen molar-refractivity contribution in [3.63, 3.8) is 0 Å². The highest BCUT2D eigenvalue weighted by atomic mass is 35.5. The number of aliphatic imine (C=N–C) groups is 1. The summed E-state index contributed by atoms with van der Waals surface area (Å²) >= 11 is 7.62. The molecule has 1 aromatic carbocycles. The second-order valence-electron chi connectivity index (χ2n) is 5.26. The Kier molecular flexibility index (Phi) is 4.22. The van der Waals surface area contributed by atoms with Crippen molar-refractivity contribution in [1.82, 2.24) is 0 Å². The zero-order chi connectivity index (χ0) is 15.9. The number of hydrogen-bond donors (Lipinski definition) is 0. The zero-order valence-electron chi connectivity index (χ0n) is 11.9. The second-order valence-corrected chi connectivity index (χ2v) is 9.03. The summed E-state index contributed by atoms with van der Waals surface area (Å²) in [7, 11) is -3.06. The first-order valence-electron chi connectivity index (χ1n) is 6.93. The van der Waals surface area contributed by atoms with Crippen molar-refractivity contribution in [2.75, 3.05) is 16.4 Å². The van der Waals surface area contributed by atoms with Crippen LogP contribution in [0.4, 0.5) is 5.69 Å². The van der Waals surface area contributed by atoms with Gasteiger partial charge in [-0.15, -0.1) is 0 Å². The van der Waals surface area contributed by atoms with Crippen molar-refractivity contribution in [1.29, 1.82) is 0 Å². The summed E-state index contributed by atoms with van der Waals surface area (Å²) < 4.78 is 23.8. The van der Waals surface area contributed by atoms with E-state index in [1.165, 1.54) is 11.8 Å². The van der Waals surface area contributed by atoms with Crippen molar-refractivity contribution in [2.24, 2.45) is 4.99 Å². The quantitative estimate of drug-likeness (QED) is 0.811. The van der Waals surface area contributed by atoms with Crippen LogP contribution in [0, 0.1) is 0 Å². The Morgan fingerprint density at radius 1 is 1.41 bits per heavy atom. The van der Waals surface area contributed by atoms with Crippen LogP contribution in [-0.4, -0.2) is 42.3 Å². The van der Waals surface area contributed by atoms with Gasteiger partial charge in [0.25, 0.3) is 0 Å². The minimum Gasteiger partial charge on any atom is -0.314 e. The lowest BCUT2D eigenvalue weighted by Gasteiger charge is -2.25. The summed E-state index contributed by atoms with van der Waals surface area (Å²) in [6.07, 6.45) is 0.314. The molecule has 0 aromatic heterocycles. The molecule has 22 heavy (non-hydrogen) atoms. The Morgan fingerprint density at radius 3 is 2.82 bits per heavy atom. The Hall–Kier alpha value is -1.05. The lowest BCUT2D eigenvalue weighted by molar-refractivity contribution is -0.117. The number of halogens is 1. The minimum absolute atomic E-state index is 0.0647. The van der Waals surface area contributed by atoms with Crippen LogP contribution < -0.4 is 4.90 Å². The molecule has 0 radical (unpaired) electrons. The predicted molar refractivity (Wildman–Crippen MR) is 90.5 cm³/mol. The van der Waals surface area contributed by atoms with Crippen LogP contribution >= 0.6 is 23.4 Å². The van der Waals surface area contributed by atoms with E-state index in [1.54, 1.807) is 13.0 Å². The number of carbonyl (C=O) groups is 1. The van der Waals surface area contributed by atoms with Gasteiger partial charge in [-0.1, -0.05) is 42.4 Å². The van der Waals surface area contributed by atoms with Crippen LogP contribution in [0.3, 0.4) is 0 Å². The molecule has 2 atom stereocenters. The van der Waals surface area contributed by atoms with Gasteiger partial charge in [0.05, 0.1) is 28.3 Å². The molecule has 8 heteroatoms. The maximum atomic E-state index is 11.9. The largest absolute Gasteiger partial charge is 0.314 e. The summed E-state index contributed by atoms with van der Waals surface area (Å²) in [6, 6.07) is 6.99. The summed E-state index contributed by atoms with van der Waals surface area (Å²) in [6.45, 7) is 1.75. The van der Waals surface area contributed by atoms with E-state index >= 15 is 0 Å². The molecule has 1 amide bonds. The molecule has 0 saturated carbocycles. The highest BCUT2D eigenvalue weighted by molar-refractivity contribution is 8.16. The van der Waals surface area contributed by atoms with E-state index < -0.39 is 9.84 Å². The van der Waals surface area contributed by atoms with E-state index in [0.29, 0.717) is 22.3 Å². The number of anilines is 1. The van der Waals surface area contributed by atoms with Gasteiger partial charge in [0.15, 0.2) is 15.0 Å². The maximum absolute atomic E-state index is 11.9. The molecule has 1 aromatic rings. The fourth-order valence-electron chi connectivity index (χ4n) is 2.68. The molecule has 2 aliphatic heterocycles. The molecule has 3 rings (SSSR count). The van der Waals surface area contributed by atoms with E-state index in [9.17, 15) is 13.2 Å². The molecule has 118 valence electrons. The van der Waals surface area contributed by atoms with Gasteiger partial charge in [0.2, 0.25) is 5.91 Å². The number of amides is 1. The first kappa shape index (κ1) is 15.8. The number of hydrogen-bond acceptors (Lipinski definition) is 4. The number of fused-ring (bicyclic) bond motifs is 1. The normalized spacial score (nSPS) is 28.1. The predicted octanol–water partition coefficient (Wildman–Crippen LogP) is 2.35. The molecule has 0 bridgehead atoms. The van der Waals surface area contributed by atoms with Crippen LogP contribution in [0.2, 0.25) is 5.02 Å². The average Bonchev–Trinajstić information content (AvgIpc) is 2.91. The van der Waals surface area contributed by atoms with Crippen LogP contribution in [0.15, 0.2) is 29.3 Å². The number of thioether (sulfide) groups is 1. The van der Waals surface area contributed by atoms with Crippen molar-refractivity contribution >= 4 is 50.0 Å². The van der Waals surface area contributed by atoms with E-state index in [1.807, 2.05) is 23.1 Å². The second kappa shape index (κ2) is 5.86. The third-order valence-corrected chi connectivity index (χ3v) is 7.23. The standard InChI is InChI=1S/C14H15ClN2O3S2/c1-2-13(18)16-14-17(10-6-4-3-5-9(10)15)11-7-22(19,20)8-12(11)21-14/h3-6,11-12H,2,7-8H2,1H3. The highest BCUT2D eigenvalue weighted by Gasteiger charge is 2.49. The van der Waals surface area contributed by atoms with Gasteiger partial charge in [0, 0.05) is 11.7 Å². The first-order valence-corrected chi connectivity index (χ1v) is 10.0. The Morgan fingerprint density at radius 2 is 2.14 bits per heavy atom. The maximum Gasteiger partial charge on any atom is 0.247 e. The summed E-state index contributed by atoms with van der Waals surface area (Å²) in [5, 5.41) is 0.958. The smallest absolute Gasteiger partial charge is 0.247 e. The van der Waals surface area contributed by atoms with Crippen molar-refractivity contribution in [3.8, 4) is 0 Å². The van der Waals surface area contributed by atoms with Crippen molar-refractivity contribution in [2.45, 2.75) is 24.6 Å². The van der Waals surface area contributed by atoms with Crippen molar-refractivity contribution in [3.05, 3.63) is 29.3 Å². The number of para-hydroxylation sites is 1. The molecule has 0 aliphatic carbocycles. The lowest BCUT2D eigenvalue weighted by atomic mass is 10.2. The topological polar surface area (TPSA) is 66.8 Å². The SMILES string of the molecule is CCC(=O)N=C1SC2CS(=O)(=O)CC2N1c1ccccc1Cl. The van der Waals surface area contributed by atoms with Gasteiger partial charge in [-0.25, -0.2) is 8.42 Å². The monoisotopic (exact) mass is 358 g/mol. The van der Waals surface area contributed by atoms with Crippen molar-refractivity contribution < 1.29 is 13.2 Å². The molecule has 0 N–H and O–H groups in total. The molecule has 2 saturated heterocycles. The molecule has 2 heterocycles. The Bertz CT molecular complexity index is 748. The summed E-state index contributed by atoms with van der Waals surface area (Å²) in [5.41, 5.74) is 0.698. The third kappa shape index (κ3) is 2.89. The fraction of sp³-hybridized carbons (Fsp3) is 0.429. The number of rotatable bonds is 2. The number of amidine groups is 1. The van der Waals surface area contributed by atoms with Gasteiger partial charge >= 0.3 is 0 Å². The zero-order valence-corrected chi connectivity index (χ0v) is 14.3.